The van der Waals surface area contributed by atoms with E-state index in [0.717, 1.165) is 5.56 Å². The smallest absolute Gasteiger partial charge is 0.185 e. The molecule has 0 aliphatic heterocycles. The van der Waals surface area contributed by atoms with Crippen LogP contribution in [0.25, 0.3) is 0 Å². The third-order valence-electron chi connectivity index (χ3n) is 3.09. The monoisotopic (exact) mass is 331 g/mol. The number of carbonyl (C=O) groups excluding carboxylic acids is 1. The molecule has 0 fully saturated rings. The zero-order chi connectivity index (χ0) is 14.7. The molecule has 2 rings (SSSR count). The Labute approximate surface area is 125 Å². The fourth-order valence-electron chi connectivity index (χ4n) is 2.02. The highest BCUT2D eigenvalue weighted by Gasteiger charge is 2.24. The molecule has 100 valence electrons. The Morgan fingerprint density at radius 3 is 2.60 bits per heavy atom. The summed E-state index contributed by atoms with van der Waals surface area (Å²) in [7, 11) is 0. The van der Waals surface area contributed by atoms with Gasteiger partial charge >= 0.3 is 0 Å². The predicted molar refractivity (Wildman–Crippen MR) is 78.0 cm³/mol. The van der Waals surface area contributed by atoms with Gasteiger partial charge in [0.25, 0.3) is 0 Å². The van der Waals surface area contributed by atoms with E-state index in [2.05, 4.69) is 15.9 Å². The maximum absolute atomic E-state index is 13.1. The van der Waals surface area contributed by atoms with E-state index in [1.165, 1.54) is 18.2 Å². The number of nitriles is 1. The lowest BCUT2D eigenvalue weighted by molar-refractivity contribution is 0.0978. The van der Waals surface area contributed by atoms with Gasteiger partial charge in [0.15, 0.2) is 5.78 Å². The number of rotatable bonds is 3. The zero-order valence-electron chi connectivity index (χ0n) is 10.7. The van der Waals surface area contributed by atoms with Crippen molar-refractivity contribution < 1.29 is 9.18 Å². The van der Waals surface area contributed by atoms with Crippen LogP contribution in [0.2, 0.25) is 0 Å². The minimum atomic E-state index is -0.891. The first-order valence-corrected chi connectivity index (χ1v) is 6.78. The predicted octanol–water partition coefficient (Wildman–Crippen LogP) is 4.39. The van der Waals surface area contributed by atoms with Gasteiger partial charge in [0.05, 0.1) is 6.07 Å². The summed E-state index contributed by atoms with van der Waals surface area (Å²) in [5, 5.41) is 9.32. The van der Waals surface area contributed by atoms with Gasteiger partial charge in [0.1, 0.15) is 11.7 Å². The van der Waals surface area contributed by atoms with Gasteiger partial charge in [-0.3, -0.25) is 4.79 Å². The molecule has 0 bridgehead atoms. The van der Waals surface area contributed by atoms with Crippen LogP contribution >= 0.6 is 15.9 Å². The molecule has 2 nitrogen and oxygen atoms in total. The van der Waals surface area contributed by atoms with E-state index < -0.39 is 11.7 Å². The molecule has 4 heteroatoms. The van der Waals surface area contributed by atoms with E-state index in [0.29, 0.717) is 15.6 Å². The number of Topliss-reactive ketones (excluding diaryl/α,β-unsaturated/α-hetero) is 1. The number of nitrogens with zero attached hydrogens (tertiary/aromatic N) is 1. The van der Waals surface area contributed by atoms with Crippen molar-refractivity contribution in [1.29, 1.82) is 5.26 Å². The Morgan fingerprint density at radius 1 is 1.30 bits per heavy atom. The molecular formula is C16H11BrFNO. The molecule has 20 heavy (non-hydrogen) atoms. The molecular weight excluding hydrogens is 321 g/mol. The number of ketones is 1. The van der Waals surface area contributed by atoms with E-state index in [4.69, 9.17) is 0 Å². The molecule has 0 N–H and O–H groups in total. The van der Waals surface area contributed by atoms with Crippen LogP contribution in [0.15, 0.2) is 46.9 Å². The highest BCUT2D eigenvalue weighted by Crippen LogP contribution is 2.27. The van der Waals surface area contributed by atoms with Crippen molar-refractivity contribution in [3.8, 4) is 6.07 Å². The van der Waals surface area contributed by atoms with Gasteiger partial charge in [-0.2, -0.15) is 5.26 Å². The molecule has 0 amide bonds. The second-order valence-electron chi connectivity index (χ2n) is 4.41. The van der Waals surface area contributed by atoms with E-state index in [1.807, 2.05) is 25.1 Å². The maximum Gasteiger partial charge on any atom is 0.185 e. The summed E-state index contributed by atoms with van der Waals surface area (Å²) in [5.74, 6) is -1.66. The van der Waals surface area contributed by atoms with E-state index in [9.17, 15) is 14.4 Å². The molecule has 0 heterocycles. The number of aryl methyl sites for hydroxylation is 1. The van der Waals surface area contributed by atoms with Gasteiger partial charge in [-0.25, -0.2) is 4.39 Å². The molecule has 0 aromatic heterocycles. The summed E-state index contributed by atoms with van der Waals surface area (Å²) in [6.45, 7) is 1.85. The molecule has 0 saturated heterocycles. The Hall–Kier alpha value is -1.99. The van der Waals surface area contributed by atoms with Crippen molar-refractivity contribution in [1.82, 2.24) is 0 Å². The first kappa shape index (κ1) is 14.4. The first-order chi connectivity index (χ1) is 9.54. The minimum absolute atomic E-state index is 0.307. The van der Waals surface area contributed by atoms with Crippen LogP contribution in [0, 0.1) is 24.1 Å². The third kappa shape index (κ3) is 2.78. The first-order valence-electron chi connectivity index (χ1n) is 5.99. The lowest BCUT2D eigenvalue weighted by atomic mass is 9.89. The second kappa shape index (κ2) is 5.98. The molecule has 0 spiro atoms. The van der Waals surface area contributed by atoms with Crippen molar-refractivity contribution >= 4 is 21.7 Å². The minimum Gasteiger partial charge on any atom is -0.292 e. The van der Waals surface area contributed by atoms with Crippen LogP contribution in [0.5, 0.6) is 0 Å². The van der Waals surface area contributed by atoms with Crippen LogP contribution in [0.3, 0.4) is 0 Å². The average molecular weight is 332 g/mol. The average Bonchev–Trinajstić information content (AvgIpc) is 2.41. The van der Waals surface area contributed by atoms with Crippen LogP contribution in [0.1, 0.15) is 27.4 Å². The van der Waals surface area contributed by atoms with Gasteiger partial charge in [-0.1, -0.05) is 24.3 Å². The summed E-state index contributed by atoms with van der Waals surface area (Å²) >= 11 is 3.17. The third-order valence-corrected chi connectivity index (χ3v) is 3.74. The molecule has 2 aromatic rings. The fourth-order valence-corrected chi connectivity index (χ4v) is 2.57. The highest BCUT2D eigenvalue weighted by molar-refractivity contribution is 9.10. The summed E-state index contributed by atoms with van der Waals surface area (Å²) < 4.78 is 13.4. The largest absolute Gasteiger partial charge is 0.292 e. The normalized spacial score (nSPS) is 11.7. The standard InChI is InChI=1S/C16H11BrFNO/c1-10-4-2-3-5-12(10)14(9-19)16(20)13-7-6-11(18)8-15(13)17/h2-8,14H,1H3. The number of hydrogen-bond acceptors (Lipinski definition) is 2. The van der Waals surface area contributed by atoms with Gasteiger partial charge in [-0.15, -0.1) is 0 Å². The van der Waals surface area contributed by atoms with Crippen LogP contribution in [-0.2, 0) is 0 Å². The summed E-state index contributed by atoms with van der Waals surface area (Å²) in [4.78, 5) is 12.5. The Balaban J connectivity index is 2.45. The summed E-state index contributed by atoms with van der Waals surface area (Å²) in [6.07, 6.45) is 0. The van der Waals surface area contributed by atoms with Gasteiger partial charge in [0.2, 0.25) is 0 Å². The summed E-state index contributed by atoms with van der Waals surface area (Å²) in [6, 6.07) is 13.1. The number of hydrogen-bond donors (Lipinski definition) is 0. The molecule has 0 radical (unpaired) electrons. The molecule has 1 unspecified atom stereocenters. The van der Waals surface area contributed by atoms with Crippen LogP contribution in [-0.4, -0.2) is 5.78 Å². The lowest BCUT2D eigenvalue weighted by Gasteiger charge is -2.12. The molecule has 0 saturated carbocycles. The van der Waals surface area contributed by atoms with Gasteiger partial charge < -0.3 is 0 Å². The van der Waals surface area contributed by atoms with Crippen LogP contribution in [0.4, 0.5) is 4.39 Å². The SMILES string of the molecule is Cc1ccccc1C(C#N)C(=O)c1ccc(F)cc1Br. The lowest BCUT2D eigenvalue weighted by Crippen LogP contribution is -2.13. The van der Waals surface area contributed by atoms with E-state index in [1.54, 1.807) is 12.1 Å². The number of benzene rings is 2. The van der Waals surface area contributed by atoms with Crippen molar-refractivity contribution in [2.45, 2.75) is 12.8 Å². The van der Waals surface area contributed by atoms with Crippen molar-refractivity contribution in [2.24, 2.45) is 0 Å². The molecule has 0 aliphatic carbocycles. The topological polar surface area (TPSA) is 40.9 Å². The molecule has 0 aliphatic rings. The van der Waals surface area contributed by atoms with Gasteiger partial charge in [0, 0.05) is 10.0 Å². The maximum atomic E-state index is 13.1. The molecule has 1 atom stereocenters. The number of carbonyl (C=O) groups is 1. The van der Waals surface area contributed by atoms with Gasteiger partial charge in [-0.05, 0) is 52.2 Å². The number of halogens is 2. The van der Waals surface area contributed by atoms with E-state index >= 15 is 0 Å². The fraction of sp³-hybridized carbons (Fsp3) is 0.125. The van der Waals surface area contributed by atoms with Crippen molar-refractivity contribution in [3.05, 3.63) is 69.4 Å². The van der Waals surface area contributed by atoms with Crippen LogP contribution < -0.4 is 0 Å². The molecule has 2 aromatic carbocycles. The second-order valence-corrected chi connectivity index (χ2v) is 5.26. The Bertz CT molecular complexity index is 706. The van der Waals surface area contributed by atoms with Crippen molar-refractivity contribution in [3.63, 3.8) is 0 Å². The zero-order valence-corrected chi connectivity index (χ0v) is 12.3. The Kier molecular flexibility index (Phi) is 4.31. The summed E-state index contributed by atoms with van der Waals surface area (Å²) in [5.41, 5.74) is 1.86. The van der Waals surface area contributed by atoms with Crippen molar-refractivity contribution in [2.75, 3.05) is 0 Å². The van der Waals surface area contributed by atoms with E-state index in [-0.39, 0.29) is 5.78 Å². The quantitative estimate of drug-likeness (QED) is 0.783. The highest BCUT2D eigenvalue weighted by atomic mass is 79.9. The Morgan fingerprint density at radius 2 is 2.00 bits per heavy atom.